The summed E-state index contributed by atoms with van der Waals surface area (Å²) in [5.74, 6) is 0.384. The number of hydrogen-bond donors (Lipinski definition) is 1. The number of benzene rings is 2. The number of nitrogen functional groups attached to an aromatic ring is 1. The van der Waals surface area contributed by atoms with E-state index in [9.17, 15) is 4.39 Å². The Morgan fingerprint density at radius 3 is 2.65 bits per heavy atom. The molecule has 0 saturated carbocycles. The first-order valence-corrected chi connectivity index (χ1v) is 5.28. The molecule has 0 fully saturated rings. The molecule has 1 heterocycles. The van der Waals surface area contributed by atoms with Crippen molar-refractivity contribution >= 4 is 16.7 Å². The summed E-state index contributed by atoms with van der Waals surface area (Å²) in [5, 5.41) is 0.739. The van der Waals surface area contributed by atoms with E-state index in [0.717, 1.165) is 10.9 Å². The average molecular weight is 227 g/mol. The lowest BCUT2D eigenvalue weighted by atomic mass is 10.1. The van der Waals surface area contributed by atoms with Crippen LogP contribution in [0.1, 0.15) is 0 Å². The molecule has 17 heavy (non-hydrogen) atoms. The lowest BCUT2D eigenvalue weighted by molar-refractivity contribution is 0.619. The average Bonchev–Trinajstić information content (AvgIpc) is 2.72. The molecule has 2 nitrogen and oxygen atoms in total. The summed E-state index contributed by atoms with van der Waals surface area (Å²) in [6.45, 7) is 0. The van der Waals surface area contributed by atoms with Gasteiger partial charge in [0.05, 0.1) is 0 Å². The summed E-state index contributed by atoms with van der Waals surface area (Å²) in [5.41, 5.74) is 8.00. The van der Waals surface area contributed by atoms with Crippen LogP contribution in [0.5, 0.6) is 0 Å². The van der Waals surface area contributed by atoms with Crippen molar-refractivity contribution in [2.75, 3.05) is 5.73 Å². The van der Waals surface area contributed by atoms with E-state index < -0.39 is 0 Å². The molecule has 0 saturated heterocycles. The number of fused-ring (bicyclic) bond motifs is 1. The Labute approximate surface area is 97.5 Å². The second-order valence-electron chi connectivity index (χ2n) is 3.88. The second-order valence-corrected chi connectivity index (χ2v) is 3.88. The quantitative estimate of drug-likeness (QED) is 0.642. The Morgan fingerprint density at radius 1 is 1.00 bits per heavy atom. The van der Waals surface area contributed by atoms with Crippen molar-refractivity contribution in [2.45, 2.75) is 0 Å². The van der Waals surface area contributed by atoms with Crippen LogP contribution in [-0.4, -0.2) is 0 Å². The number of nitrogens with two attached hydrogens (primary N) is 1. The number of rotatable bonds is 1. The van der Waals surface area contributed by atoms with Crippen LogP contribution in [0.4, 0.5) is 10.1 Å². The molecular weight excluding hydrogens is 217 g/mol. The summed E-state index contributed by atoms with van der Waals surface area (Å²) in [6.07, 6.45) is 0. The molecule has 0 amide bonds. The molecule has 0 aliphatic heterocycles. The summed E-state index contributed by atoms with van der Waals surface area (Å²) < 4.78 is 18.7. The second kappa shape index (κ2) is 3.63. The normalized spacial score (nSPS) is 10.9. The van der Waals surface area contributed by atoms with Gasteiger partial charge < -0.3 is 10.2 Å². The lowest BCUT2D eigenvalue weighted by Crippen LogP contribution is -1.87. The number of anilines is 1. The van der Waals surface area contributed by atoms with Gasteiger partial charge in [-0.25, -0.2) is 4.39 Å². The maximum atomic E-state index is 13.1. The van der Waals surface area contributed by atoms with Gasteiger partial charge in [0, 0.05) is 16.6 Å². The highest BCUT2D eigenvalue weighted by molar-refractivity contribution is 5.85. The summed E-state index contributed by atoms with van der Waals surface area (Å²) in [6, 6.07) is 13.7. The zero-order valence-electron chi connectivity index (χ0n) is 8.98. The third-order valence-electron chi connectivity index (χ3n) is 2.70. The molecule has 0 aliphatic carbocycles. The van der Waals surface area contributed by atoms with Gasteiger partial charge in [-0.1, -0.05) is 12.1 Å². The predicted molar refractivity (Wildman–Crippen MR) is 66.0 cm³/mol. The van der Waals surface area contributed by atoms with Gasteiger partial charge in [0.1, 0.15) is 17.2 Å². The van der Waals surface area contributed by atoms with Crippen LogP contribution in [0.15, 0.2) is 52.9 Å². The zero-order chi connectivity index (χ0) is 11.8. The van der Waals surface area contributed by atoms with Gasteiger partial charge in [-0.15, -0.1) is 0 Å². The van der Waals surface area contributed by atoms with Crippen molar-refractivity contribution in [1.82, 2.24) is 0 Å². The molecule has 3 rings (SSSR count). The first-order chi connectivity index (χ1) is 8.24. The van der Waals surface area contributed by atoms with Crippen LogP contribution in [0.2, 0.25) is 0 Å². The Morgan fingerprint density at radius 2 is 1.82 bits per heavy atom. The molecule has 0 aliphatic rings. The lowest BCUT2D eigenvalue weighted by Gasteiger charge is -2.00. The molecule has 0 atom stereocenters. The molecule has 2 N–H and O–H groups in total. The number of para-hydroxylation sites is 1. The SMILES string of the molecule is Nc1ccccc1-c1cc2cc(F)ccc2o1. The maximum Gasteiger partial charge on any atom is 0.137 e. The van der Waals surface area contributed by atoms with Crippen LogP contribution in [0.25, 0.3) is 22.3 Å². The third-order valence-corrected chi connectivity index (χ3v) is 2.70. The topological polar surface area (TPSA) is 39.2 Å². The largest absolute Gasteiger partial charge is 0.456 e. The highest BCUT2D eigenvalue weighted by Gasteiger charge is 2.08. The minimum absolute atomic E-state index is 0.272. The van der Waals surface area contributed by atoms with Crippen LogP contribution in [0, 0.1) is 5.82 Å². The number of furan rings is 1. The highest BCUT2D eigenvalue weighted by atomic mass is 19.1. The van der Waals surface area contributed by atoms with Gasteiger partial charge in [0.25, 0.3) is 0 Å². The molecule has 2 aromatic carbocycles. The van der Waals surface area contributed by atoms with Crippen molar-refractivity contribution in [2.24, 2.45) is 0 Å². The van der Waals surface area contributed by atoms with Crippen molar-refractivity contribution in [1.29, 1.82) is 0 Å². The Bertz CT molecular complexity index is 688. The predicted octanol–water partition coefficient (Wildman–Crippen LogP) is 3.82. The fourth-order valence-electron chi connectivity index (χ4n) is 1.87. The first kappa shape index (κ1) is 9.90. The van der Waals surface area contributed by atoms with E-state index in [1.54, 1.807) is 12.1 Å². The van der Waals surface area contributed by atoms with E-state index in [2.05, 4.69) is 0 Å². The number of halogens is 1. The molecule has 3 aromatic rings. The van der Waals surface area contributed by atoms with E-state index in [1.165, 1.54) is 12.1 Å². The molecular formula is C14H10FNO. The Balaban J connectivity index is 2.22. The minimum Gasteiger partial charge on any atom is -0.456 e. The van der Waals surface area contributed by atoms with Crippen molar-refractivity contribution < 1.29 is 8.81 Å². The van der Waals surface area contributed by atoms with Crippen molar-refractivity contribution in [3.05, 3.63) is 54.3 Å². The smallest absolute Gasteiger partial charge is 0.137 e. The van der Waals surface area contributed by atoms with Gasteiger partial charge in [0.2, 0.25) is 0 Å². The standard InChI is InChI=1S/C14H10FNO/c15-10-5-6-13-9(7-10)8-14(17-13)11-3-1-2-4-12(11)16/h1-8H,16H2. The van der Waals surface area contributed by atoms with E-state index >= 15 is 0 Å². The van der Waals surface area contributed by atoms with Crippen molar-refractivity contribution in [3.63, 3.8) is 0 Å². The van der Waals surface area contributed by atoms with E-state index in [1.807, 2.05) is 24.3 Å². The third kappa shape index (κ3) is 1.65. The first-order valence-electron chi connectivity index (χ1n) is 5.28. The fourth-order valence-corrected chi connectivity index (χ4v) is 1.87. The maximum absolute atomic E-state index is 13.1. The number of hydrogen-bond acceptors (Lipinski definition) is 2. The van der Waals surface area contributed by atoms with E-state index in [-0.39, 0.29) is 5.82 Å². The van der Waals surface area contributed by atoms with Crippen molar-refractivity contribution in [3.8, 4) is 11.3 Å². The monoisotopic (exact) mass is 227 g/mol. The minimum atomic E-state index is -0.272. The molecule has 0 spiro atoms. The van der Waals surface area contributed by atoms with E-state index in [0.29, 0.717) is 17.0 Å². The zero-order valence-corrected chi connectivity index (χ0v) is 8.98. The van der Waals surface area contributed by atoms with Crippen LogP contribution in [-0.2, 0) is 0 Å². The molecule has 0 radical (unpaired) electrons. The Hall–Kier alpha value is -2.29. The highest BCUT2D eigenvalue weighted by Crippen LogP contribution is 2.31. The van der Waals surface area contributed by atoms with Gasteiger partial charge in [-0.2, -0.15) is 0 Å². The summed E-state index contributed by atoms with van der Waals surface area (Å²) in [4.78, 5) is 0. The molecule has 0 bridgehead atoms. The summed E-state index contributed by atoms with van der Waals surface area (Å²) >= 11 is 0. The van der Waals surface area contributed by atoms with Gasteiger partial charge in [-0.3, -0.25) is 0 Å². The van der Waals surface area contributed by atoms with Crippen LogP contribution < -0.4 is 5.73 Å². The van der Waals surface area contributed by atoms with E-state index in [4.69, 9.17) is 10.2 Å². The van der Waals surface area contributed by atoms with Crippen LogP contribution in [0.3, 0.4) is 0 Å². The van der Waals surface area contributed by atoms with Gasteiger partial charge in [0.15, 0.2) is 0 Å². The van der Waals surface area contributed by atoms with Crippen LogP contribution >= 0.6 is 0 Å². The summed E-state index contributed by atoms with van der Waals surface area (Å²) in [7, 11) is 0. The Kier molecular flexibility index (Phi) is 2.11. The molecule has 84 valence electrons. The molecule has 3 heteroatoms. The molecule has 1 aromatic heterocycles. The van der Waals surface area contributed by atoms with Gasteiger partial charge >= 0.3 is 0 Å². The fraction of sp³-hybridized carbons (Fsp3) is 0. The van der Waals surface area contributed by atoms with Gasteiger partial charge in [-0.05, 0) is 36.4 Å². The molecule has 0 unspecified atom stereocenters.